The van der Waals surface area contributed by atoms with Crippen molar-refractivity contribution in [2.75, 3.05) is 35.8 Å². The molecule has 1 aromatic heterocycles. The van der Waals surface area contributed by atoms with E-state index in [0.717, 1.165) is 23.4 Å². The van der Waals surface area contributed by atoms with Gasteiger partial charge in [-0.1, -0.05) is 6.07 Å². The van der Waals surface area contributed by atoms with Crippen LogP contribution < -0.4 is 15.1 Å². The summed E-state index contributed by atoms with van der Waals surface area (Å²) in [5.74, 6) is -0.0538. The molecule has 0 spiro atoms. The lowest BCUT2D eigenvalue weighted by Gasteiger charge is -2.17. The van der Waals surface area contributed by atoms with Crippen LogP contribution in [0.15, 0.2) is 65.3 Å². The Morgan fingerprint density at radius 2 is 1.86 bits per heavy atom. The van der Waals surface area contributed by atoms with E-state index in [9.17, 15) is 9.59 Å². The van der Waals surface area contributed by atoms with Crippen LogP contribution in [0.25, 0.3) is 0 Å². The number of nitrogens with zero attached hydrogens (tertiary/aromatic N) is 2. The van der Waals surface area contributed by atoms with Crippen LogP contribution in [0.4, 0.5) is 17.1 Å². The van der Waals surface area contributed by atoms with Gasteiger partial charge in [0, 0.05) is 43.3 Å². The number of hydrogen-bond donors (Lipinski definition) is 1. The molecule has 2 heterocycles. The number of amides is 2. The molecule has 4 rings (SSSR count). The van der Waals surface area contributed by atoms with E-state index in [1.807, 2.05) is 49.3 Å². The van der Waals surface area contributed by atoms with Gasteiger partial charge >= 0.3 is 0 Å². The first-order valence-electron chi connectivity index (χ1n) is 9.10. The number of nitrogens with one attached hydrogen (secondary N) is 1. The fourth-order valence-corrected chi connectivity index (χ4v) is 3.32. The van der Waals surface area contributed by atoms with Crippen LogP contribution in [-0.2, 0) is 6.42 Å². The minimum atomic E-state index is -0.188. The number of carbonyl (C=O) groups is 2. The van der Waals surface area contributed by atoms with Crippen molar-refractivity contribution in [2.24, 2.45) is 0 Å². The summed E-state index contributed by atoms with van der Waals surface area (Å²) in [5.41, 5.74) is 4.14. The molecular formula is C22H21N3O3. The predicted octanol–water partition coefficient (Wildman–Crippen LogP) is 3.80. The van der Waals surface area contributed by atoms with Gasteiger partial charge in [-0.3, -0.25) is 9.59 Å². The van der Waals surface area contributed by atoms with Crippen LogP contribution in [0.5, 0.6) is 0 Å². The first kappa shape index (κ1) is 17.9. The zero-order valence-electron chi connectivity index (χ0n) is 15.8. The van der Waals surface area contributed by atoms with E-state index in [1.165, 1.54) is 6.26 Å². The lowest BCUT2D eigenvalue weighted by Crippen LogP contribution is -2.28. The molecule has 2 amide bonds. The maximum atomic E-state index is 12.7. The molecule has 0 unspecified atom stereocenters. The molecule has 6 nitrogen and oxygen atoms in total. The van der Waals surface area contributed by atoms with Crippen LogP contribution in [0.2, 0.25) is 0 Å². The van der Waals surface area contributed by atoms with Crippen LogP contribution in [0, 0.1) is 0 Å². The molecule has 2 aromatic carbocycles. The van der Waals surface area contributed by atoms with Gasteiger partial charge in [0.2, 0.25) is 0 Å². The van der Waals surface area contributed by atoms with Crippen molar-refractivity contribution in [1.82, 2.24) is 0 Å². The van der Waals surface area contributed by atoms with Gasteiger partial charge in [0.25, 0.3) is 11.8 Å². The summed E-state index contributed by atoms with van der Waals surface area (Å²) in [6.07, 6.45) is 2.27. The summed E-state index contributed by atoms with van der Waals surface area (Å²) < 4.78 is 5.24. The van der Waals surface area contributed by atoms with E-state index in [-0.39, 0.29) is 11.8 Å². The monoisotopic (exact) mass is 375 g/mol. The summed E-state index contributed by atoms with van der Waals surface area (Å²) >= 11 is 0. The largest absolute Gasteiger partial charge is 0.459 e. The standard InChI is InChI=1S/C22H21N3O3/c1-24(2)18-9-6-16(7-10-18)21(26)23-17-8-5-15-11-12-25(19(15)14-17)22(27)20-4-3-13-28-20/h3-10,13-14H,11-12H2,1-2H3,(H,23,26). The third kappa shape index (κ3) is 3.36. The fraction of sp³-hybridized carbons (Fsp3) is 0.182. The predicted molar refractivity (Wildman–Crippen MR) is 109 cm³/mol. The van der Waals surface area contributed by atoms with Gasteiger partial charge in [-0.05, 0) is 60.5 Å². The average molecular weight is 375 g/mol. The highest BCUT2D eigenvalue weighted by atomic mass is 16.3. The molecule has 6 heteroatoms. The van der Waals surface area contributed by atoms with Crippen LogP contribution in [0.3, 0.4) is 0 Å². The molecule has 0 fully saturated rings. The summed E-state index contributed by atoms with van der Waals surface area (Å²) in [4.78, 5) is 28.9. The molecule has 1 aliphatic rings. The first-order valence-corrected chi connectivity index (χ1v) is 9.10. The molecule has 0 aliphatic carbocycles. The zero-order valence-corrected chi connectivity index (χ0v) is 15.8. The van der Waals surface area contributed by atoms with E-state index in [2.05, 4.69) is 5.32 Å². The van der Waals surface area contributed by atoms with Crippen LogP contribution >= 0.6 is 0 Å². The fourth-order valence-electron chi connectivity index (χ4n) is 3.32. The highest BCUT2D eigenvalue weighted by molar-refractivity contribution is 6.07. The summed E-state index contributed by atoms with van der Waals surface area (Å²) in [5, 5.41) is 2.92. The van der Waals surface area contributed by atoms with Crippen molar-refractivity contribution in [1.29, 1.82) is 0 Å². The van der Waals surface area contributed by atoms with Gasteiger partial charge in [0.1, 0.15) is 0 Å². The van der Waals surface area contributed by atoms with Gasteiger partial charge in [0.05, 0.1) is 6.26 Å². The SMILES string of the molecule is CN(C)c1ccc(C(=O)Nc2ccc3c(c2)N(C(=O)c2ccco2)CC3)cc1. The van der Waals surface area contributed by atoms with Crippen molar-refractivity contribution < 1.29 is 14.0 Å². The molecule has 28 heavy (non-hydrogen) atoms. The minimum absolute atomic E-state index is 0.175. The Morgan fingerprint density at radius 1 is 1.07 bits per heavy atom. The second kappa shape index (κ2) is 7.23. The number of furan rings is 1. The molecule has 0 saturated heterocycles. The maximum Gasteiger partial charge on any atom is 0.293 e. The Morgan fingerprint density at radius 3 is 2.54 bits per heavy atom. The summed E-state index contributed by atoms with van der Waals surface area (Å²) in [6, 6.07) is 16.4. The molecule has 0 radical (unpaired) electrons. The normalized spacial score (nSPS) is 12.6. The quantitative estimate of drug-likeness (QED) is 0.753. The van der Waals surface area contributed by atoms with Crippen LogP contribution in [0.1, 0.15) is 26.5 Å². The number of hydrogen-bond acceptors (Lipinski definition) is 4. The van der Waals surface area contributed by atoms with E-state index in [0.29, 0.717) is 23.6 Å². The van der Waals surface area contributed by atoms with Crippen molar-refractivity contribution in [2.45, 2.75) is 6.42 Å². The lowest BCUT2D eigenvalue weighted by molar-refractivity contribution is 0.0962. The first-order chi connectivity index (χ1) is 13.5. The van der Waals surface area contributed by atoms with Crippen molar-refractivity contribution in [3.8, 4) is 0 Å². The molecule has 1 N–H and O–H groups in total. The number of benzene rings is 2. The molecule has 0 atom stereocenters. The van der Waals surface area contributed by atoms with Gasteiger partial charge in [-0.25, -0.2) is 0 Å². The van der Waals surface area contributed by atoms with Crippen molar-refractivity contribution >= 4 is 28.9 Å². The second-order valence-electron chi connectivity index (χ2n) is 6.92. The number of anilines is 3. The van der Waals surface area contributed by atoms with Gasteiger partial charge in [-0.2, -0.15) is 0 Å². The second-order valence-corrected chi connectivity index (χ2v) is 6.92. The molecular weight excluding hydrogens is 354 g/mol. The lowest BCUT2D eigenvalue weighted by atomic mass is 10.1. The number of carbonyl (C=O) groups excluding carboxylic acids is 2. The Hall–Kier alpha value is -3.54. The number of rotatable bonds is 4. The van der Waals surface area contributed by atoms with Gasteiger partial charge in [0.15, 0.2) is 5.76 Å². The third-order valence-electron chi connectivity index (χ3n) is 4.86. The maximum absolute atomic E-state index is 12.7. The van der Waals surface area contributed by atoms with Gasteiger partial charge in [-0.15, -0.1) is 0 Å². The Kier molecular flexibility index (Phi) is 4.61. The van der Waals surface area contributed by atoms with Crippen molar-refractivity contribution in [3.63, 3.8) is 0 Å². The average Bonchev–Trinajstić information content (AvgIpc) is 3.37. The Bertz CT molecular complexity index is 1010. The van der Waals surface area contributed by atoms with Crippen LogP contribution in [-0.4, -0.2) is 32.5 Å². The van der Waals surface area contributed by atoms with E-state index in [4.69, 9.17) is 4.42 Å². The molecule has 1 aliphatic heterocycles. The smallest absolute Gasteiger partial charge is 0.293 e. The molecule has 0 bridgehead atoms. The summed E-state index contributed by atoms with van der Waals surface area (Å²) in [7, 11) is 3.91. The third-order valence-corrected chi connectivity index (χ3v) is 4.86. The van der Waals surface area contributed by atoms with Gasteiger partial charge < -0.3 is 19.5 Å². The minimum Gasteiger partial charge on any atom is -0.459 e. The Balaban J connectivity index is 1.53. The van der Waals surface area contributed by atoms with E-state index in [1.54, 1.807) is 29.2 Å². The zero-order chi connectivity index (χ0) is 19.7. The number of fused-ring (bicyclic) bond motifs is 1. The summed E-state index contributed by atoms with van der Waals surface area (Å²) in [6.45, 7) is 0.596. The molecule has 142 valence electrons. The molecule has 3 aromatic rings. The van der Waals surface area contributed by atoms with E-state index >= 15 is 0 Å². The Labute approximate surface area is 163 Å². The van der Waals surface area contributed by atoms with Crippen molar-refractivity contribution in [3.05, 3.63) is 77.7 Å². The highest BCUT2D eigenvalue weighted by Gasteiger charge is 2.27. The molecule has 0 saturated carbocycles. The topological polar surface area (TPSA) is 65.8 Å². The highest BCUT2D eigenvalue weighted by Crippen LogP contribution is 2.32. The van der Waals surface area contributed by atoms with E-state index < -0.39 is 0 Å².